The number of amides is 1. The zero-order valence-corrected chi connectivity index (χ0v) is 13.0. The SMILES string of the molecule is COc1cccc(NC(=O)CSCc2cccc(C#N)c2)c1. The minimum absolute atomic E-state index is 0.0605. The Kier molecular flexibility index (Phi) is 5.87. The van der Waals surface area contributed by atoms with Gasteiger partial charge in [-0.3, -0.25) is 4.79 Å². The molecule has 2 rings (SSSR count). The monoisotopic (exact) mass is 312 g/mol. The Balaban J connectivity index is 1.81. The van der Waals surface area contributed by atoms with Crippen LogP contribution < -0.4 is 10.1 Å². The molecule has 2 aromatic carbocycles. The van der Waals surface area contributed by atoms with Gasteiger partial charge in [0, 0.05) is 17.5 Å². The van der Waals surface area contributed by atoms with Crippen molar-refractivity contribution in [3.8, 4) is 11.8 Å². The van der Waals surface area contributed by atoms with E-state index in [1.54, 1.807) is 19.2 Å². The molecule has 4 nitrogen and oxygen atoms in total. The summed E-state index contributed by atoms with van der Waals surface area (Å²) in [7, 11) is 1.59. The lowest BCUT2D eigenvalue weighted by Gasteiger charge is -2.07. The Morgan fingerprint density at radius 1 is 1.27 bits per heavy atom. The van der Waals surface area contributed by atoms with E-state index in [1.165, 1.54) is 11.8 Å². The summed E-state index contributed by atoms with van der Waals surface area (Å²) in [4.78, 5) is 11.9. The molecule has 0 spiro atoms. The van der Waals surface area contributed by atoms with Gasteiger partial charge in [-0.15, -0.1) is 11.8 Å². The zero-order chi connectivity index (χ0) is 15.8. The van der Waals surface area contributed by atoms with Crippen LogP contribution in [0.3, 0.4) is 0 Å². The first kappa shape index (κ1) is 15.9. The molecule has 0 saturated heterocycles. The quantitative estimate of drug-likeness (QED) is 0.887. The summed E-state index contributed by atoms with van der Waals surface area (Å²) in [6, 6.07) is 16.8. The lowest BCUT2D eigenvalue weighted by atomic mass is 10.2. The van der Waals surface area contributed by atoms with Gasteiger partial charge in [0.1, 0.15) is 5.75 Å². The molecule has 0 aliphatic heterocycles. The zero-order valence-electron chi connectivity index (χ0n) is 12.2. The van der Waals surface area contributed by atoms with Crippen LogP contribution in [0.1, 0.15) is 11.1 Å². The minimum Gasteiger partial charge on any atom is -0.497 e. The molecule has 112 valence electrons. The predicted octanol–water partition coefficient (Wildman–Crippen LogP) is 3.44. The number of hydrogen-bond acceptors (Lipinski definition) is 4. The Hall–Kier alpha value is -2.45. The summed E-state index contributed by atoms with van der Waals surface area (Å²) < 4.78 is 5.11. The number of nitrogens with zero attached hydrogens (tertiary/aromatic N) is 1. The Labute approximate surface area is 134 Å². The number of hydrogen-bond donors (Lipinski definition) is 1. The minimum atomic E-state index is -0.0605. The highest BCUT2D eigenvalue weighted by molar-refractivity contribution is 7.99. The fraction of sp³-hybridized carbons (Fsp3) is 0.176. The van der Waals surface area contributed by atoms with Crippen LogP contribution in [-0.4, -0.2) is 18.8 Å². The van der Waals surface area contributed by atoms with Crippen molar-refractivity contribution in [1.82, 2.24) is 0 Å². The van der Waals surface area contributed by atoms with Gasteiger partial charge in [0.2, 0.25) is 5.91 Å². The van der Waals surface area contributed by atoms with Crippen molar-refractivity contribution in [2.75, 3.05) is 18.2 Å². The average Bonchev–Trinajstić information content (AvgIpc) is 2.55. The number of benzene rings is 2. The van der Waals surface area contributed by atoms with Gasteiger partial charge in [-0.1, -0.05) is 18.2 Å². The fourth-order valence-corrected chi connectivity index (χ4v) is 2.67. The maximum absolute atomic E-state index is 11.9. The third-order valence-corrected chi connectivity index (χ3v) is 3.92. The number of nitrogens with one attached hydrogen (secondary N) is 1. The van der Waals surface area contributed by atoms with Gasteiger partial charge in [-0.05, 0) is 29.8 Å². The van der Waals surface area contributed by atoms with E-state index in [0.29, 0.717) is 22.8 Å². The van der Waals surface area contributed by atoms with E-state index in [1.807, 2.05) is 36.4 Å². The molecule has 0 aliphatic rings. The topological polar surface area (TPSA) is 62.1 Å². The molecule has 0 radical (unpaired) electrons. The van der Waals surface area contributed by atoms with Gasteiger partial charge < -0.3 is 10.1 Å². The second-order valence-electron chi connectivity index (χ2n) is 4.59. The van der Waals surface area contributed by atoms with Crippen LogP contribution in [0, 0.1) is 11.3 Å². The number of carbonyl (C=O) groups excluding carboxylic acids is 1. The van der Waals surface area contributed by atoms with Gasteiger partial charge in [0.25, 0.3) is 0 Å². The molecule has 0 atom stereocenters. The molecule has 0 fully saturated rings. The highest BCUT2D eigenvalue weighted by Crippen LogP contribution is 2.18. The van der Waals surface area contributed by atoms with Gasteiger partial charge in [-0.25, -0.2) is 0 Å². The van der Waals surface area contributed by atoms with E-state index in [0.717, 1.165) is 11.3 Å². The van der Waals surface area contributed by atoms with Crippen LogP contribution >= 0.6 is 11.8 Å². The van der Waals surface area contributed by atoms with E-state index in [9.17, 15) is 4.79 Å². The van der Waals surface area contributed by atoms with Crippen LogP contribution in [0.2, 0.25) is 0 Å². The number of thioether (sulfide) groups is 1. The van der Waals surface area contributed by atoms with E-state index in [4.69, 9.17) is 10.00 Å². The normalized spacial score (nSPS) is 9.82. The van der Waals surface area contributed by atoms with Crippen molar-refractivity contribution < 1.29 is 9.53 Å². The molecule has 0 aromatic heterocycles. The van der Waals surface area contributed by atoms with Crippen molar-refractivity contribution in [3.63, 3.8) is 0 Å². The second-order valence-corrected chi connectivity index (χ2v) is 5.57. The molecule has 0 heterocycles. The Morgan fingerprint density at radius 3 is 2.86 bits per heavy atom. The van der Waals surface area contributed by atoms with Crippen LogP contribution in [0.25, 0.3) is 0 Å². The summed E-state index contributed by atoms with van der Waals surface area (Å²) in [6.07, 6.45) is 0. The first-order chi connectivity index (χ1) is 10.7. The molecule has 1 amide bonds. The number of carbonyl (C=O) groups is 1. The van der Waals surface area contributed by atoms with E-state index >= 15 is 0 Å². The molecule has 1 N–H and O–H groups in total. The van der Waals surface area contributed by atoms with Crippen LogP contribution in [-0.2, 0) is 10.5 Å². The lowest BCUT2D eigenvalue weighted by Crippen LogP contribution is -2.14. The summed E-state index contributed by atoms with van der Waals surface area (Å²) in [5.41, 5.74) is 2.40. The lowest BCUT2D eigenvalue weighted by molar-refractivity contribution is -0.113. The molecular formula is C17H16N2O2S. The van der Waals surface area contributed by atoms with E-state index in [-0.39, 0.29) is 5.91 Å². The first-order valence-corrected chi connectivity index (χ1v) is 7.87. The molecule has 0 bridgehead atoms. The molecular weight excluding hydrogens is 296 g/mol. The van der Waals surface area contributed by atoms with Crippen LogP contribution in [0.5, 0.6) is 5.75 Å². The number of nitriles is 1. The van der Waals surface area contributed by atoms with Gasteiger partial charge >= 0.3 is 0 Å². The second kappa shape index (κ2) is 8.11. The van der Waals surface area contributed by atoms with Crippen LogP contribution in [0.15, 0.2) is 48.5 Å². The molecule has 0 unspecified atom stereocenters. The van der Waals surface area contributed by atoms with Gasteiger partial charge in [0.05, 0.1) is 24.5 Å². The Bertz CT molecular complexity index is 695. The van der Waals surface area contributed by atoms with Crippen molar-refractivity contribution in [1.29, 1.82) is 5.26 Å². The summed E-state index contributed by atoms with van der Waals surface area (Å²) >= 11 is 1.51. The third kappa shape index (κ3) is 4.83. The number of methoxy groups -OCH3 is 1. The van der Waals surface area contributed by atoms with E-state index < -0.39 is 0 Å². The van der Waals surface area contributed by atoms with Crippen molar-refractivity contribution in [3.05, 3.63) is 59.7 Å². The molecule has 2 aromatic rings. The summed E-state index contributed by atoms with van der Waals surface area (Å²) in [5, 5.41) is 11.7. The molecule has 0 saturated carbocycles. The van der Waals surface area contributed by atoms with Gasteiger partial charge in [0.15, 0.2) is 0 Å². The predicted molar refractivity (Wildman–Crippen MR) is 88.9 cm³/mol. The highest BCUT2D eigenvalue weighted by atomic mass is 32.2. The number of anilines is 1. The van der Waals surface area contributed by atoms with Crippen molar-refractivity contribution in [2.24, 2.45) is 0 Å². The smallest absolute Gasteiger partial charge is 0.234 e. The van der Waals surface area contributed by atoms with Gasteiger partial charge in [-0.2, -0.15) is 5.26 Å². The highest BCUT2D eigenvalue weighted by Gasteiger charge is 2.04. The van der Waals surface area contributed by atoms with E-state index in [2.05, 4.69) is 11.4 Å². The maximum Gasteiger partial charge on any atom is 0.234 e. The fourth-order valence-electron chi connectivity index (χ4n) is 1.89. The molecule has 22 heavy (non-hydrogen) atoms. The molecule has 5 heteroatoms. The standard InChI is InChI=1S/C17H16N2O2S/c1-21-16-7-3-6-15(9-16)19-17(20)12-22-11-14-5-2-4-13(8-14)10-18/h2-9H,11-12H2,1H3,(H,19,20). The largest absolute Gasteiger partial charge is 0.497 e. The number of rotatable bonds is 6. The molecule has 0 aliphatic carbocycles. The average molecular weight is 312 g/mol. The maximum atomic E-state index is 11.9. The van der Waals surface area contributed by atoms with Crippen LogP contribution in [0.4, 0.5) is 5.69 Å². The third-order valence-electron chi connectivity index (χ3n) is 2.91. The summed E-state index contributed by atoms with van der Waals surface area (Å²) in [5.74, 6) is 1.70. The number of ether oxygens (including phenoxy) is 1. The van der Waals surface area contributed by atoms with Crippen molar-refractivity contribution in [2.45, 2.75) is 5.75 Å². The van der Waals surface area contributed by atoms with Crippen molar-refractivity contribution >= 4 is 23.4 Å². The first-order valence-electron chi connectivity index (χ1n) is 6.72. The Morgan fingerprint density at radius 2 is 2.09 bits per heavy atom. The summed E-state index contributed by atoms with van der Waals surface area (Å²) in [6.45, 7) is 0.